The summed E-state index contributed by atoms with van der Waals surface area (Å²) in [5.41, 5.74) is 1.48. The van der Waals surface area contributed by atoms with Gasteiger partial charge >= 0.3 is 5.97 Å². The first-order valence-electron chi connectivity index (χ1n) is 8.04. The maximum atomic E-state index is 10.4. The van der Waals surface area contributed by atoms with Gasteiger partial charge in [-0.1, -0.05) is 57.1 Å². The lowest BCUT2D eigenvalue weighted by Crippen LogP contribution is -1.93. The van der Waals surface area contributed by atoms with E-state index in [0.717, 1.165) is 25.7 Å². The molecule has 0 fully saturated rings. The van der Waals surface area contributed by atoms with Crippen LogP contribution in [0.25, 0.3) is 0 Å². The molecule has 0 spiro atoms. The number of carboxylic acid groups (broad SMARTS) is 1. The molecule has 0 aliphatic heterocycles. The molecule has 0 heterocycles. The Hall–Kier alpha value is -0.790. The Bertz CT molecular complexity index is 244. The van der Waals surface area contributed by atoms with Crippen molar-refractivity contribution in [3.63, 3.8) is 0 Å². The fraction of sp³-hybridized carbons (Fsp3) is 0.824. The van der Waals surface area contributed by atoms with Crippen molar-refractivity contribution in [1.82, 2.24) is 0 Å². The van der Waals surface area contributed by atoms with Crippen LogP contribution in [0.5, 0.6) is 0 Å². The second kappa shape index (κ2) is 13.6. The molecule has 0 aromatic heterocycles. The highest BCUT2D eigenvalue weighted by atomic mass is 16.4. The predicted molar refractivity (Wildman–Crippen MR) is 82.5 cm³/mol. The van der Waals surface area contributed by atoms with Crippen LogP contribution in [0, 0.1) is 0 Å². The Morgan fingerprint density at radius 1 is 0.895 bits per heavy atom. The molecular weight excluding hydrogens is 236 g/mol. The zero-order chi connectivity index (χ0) is 14.3. The second-order valence-electron chi connectivity index (χ2n) is 5.56. The molecule has 19 heavy (non-hydrogen) atoms. The summed E-state index contributed by atoms with van der Waals surface area (Å²) < 4.78 is 0. The molecule has 0 radical (unpaired) electrons. The monoisotopic (exact) mass is 268 g/mol. The molecule has 0 unspecified atom stereocenters. The van der Waals surface area contributed by atoms with Crippen LogP contribution >= 0.6 is 0 Å². The summed E-state index contributed by atoms with van der Waals surface area (Å²) in [5.74, 6) is -0.671. The molecule has 2 nitrogen and oxygen atoms in total. The molecule has 0 saturated carbocycles. The third-order valence-electron chi connectivity index (χ3n) is 3.51. The van der Waals surface area contributed by atoms with Crippen molar-refractivity contribution in [1.29, 1.82) is 0 Å². The summed E-state index contributed by atoms with van der Waals surface area (Å²) in [7, 11) is 0. The molecular formula is C17H32O2. The molecule has 0 aromatic carbocycles. The maximum Gasteiger partial charge on any atom is 0.303 e. The smallest absolute Gasteiger partial charge is 0.303 e. The Morgan fingerprint density at radius 3 is 2.16 bits per heavy atom. The summed E-state index contributed by atoms with van der Waals surface area (Å²) in [6.07, 6.45) is 16.2. The standard InChI is InChI=1S/C17H32O2/c1-3-4-5-6-7-8-10-13-16(2)14-11-9-12-15-17(18)19/h13H,3-12,14-15H2,1-2H3,(H,18,19). The minimum absolute atomic E-state index is 0.320. The number of aliphatic carboxylic acids is 1. The van der Waals surface area contributed by atoms with Crippen LogP contribution in [0.2, 0.25) is 0 Å². The average molecular weight is 268 g/mol. The fourth-order valence-corrected chi connectivity index (χ4v) is 2.23. The Labute approximate surface area is 119 Å². The van der Waals surface area contributed by atoms with Crippen LogP contribution in [-0.4, -0.2) is 11.1 Å². The molecule has 0 aliphatic carbocycles. The Balaban J connectivity index is 3.32. The van der Waals surface area contributed by atoms with Gasteiger partial charge in [0.05, 0.1) is 0 Å². The maximum absolute atomic E-state index is 10.4. The summed E-state index contributed by atoms with van der Waals surface area (Å²) in [5, 5.41) is 8.53. The van der Waals surface area contributed by atoms with Crippen molar-refractivity contribution in [2.75, 3.05) is 0 Å². The van der Waals surface area contributed by atoms with Gasteiger partial charge in [-0.25, -0.2) is 0 Å². The molecule has 2 heteroatoms. The zero-order valence-electron chi connectivity index (χ0n) is 12.9. The molecule has 0 bridgehead atoms. The first kappa shape index (κ1) is 18.2. The van der Waals surface area contributed by atoms with Crippen LogP contribution < -0.4 is 0 Å². The third-order valence-corrected chi connectivity index (χ3v) is 3.51. The highest BCUT2D eigenvalue weighted by molar-refractivity contribution is 5.66. The molecule has 0 saturated heterocycles. The molecule has 1 N–H and O–H groups in total. The van der Waals surface area contributed by atoms with Gasteiger partial charge in [-0.15, -0.1) is 0 Å². The number of unbranched alkanes of at least 4 members (excludes halogenated alkanes) is 8. The molecule has 0 rings (SSSR count). The van der Waals surface area contributed by atoms with E-state index in [1.54, 1.807) is 0 Å². The van der Waals surface area contributed by atoms with E-state index in [-0.39, 0.29) is 0 Å². The van der Waals surface area contributed by atoms with E-state index >= 15 is 0 Å². The Morgan fingerprint density at radius 2 is 1.47 bits per heavy atom. The van der Waals surface area contributed by atoms with Crippen molar-refractivity contribution in [3.8, 4) is 0 Å². The van der Waals surface area contributed by atoms with Gasteiger partial charge in [-0.2, -0.15) is 0 Å². The molecule has 0 atom stereocenters. The number of allylic oxidation sites excluding steroid dienone is 2. The number of carbonyl (C=O) groups is 1. The summed E-state index contributed by atoms with van der Waals surface area (Å²) in [6, 6.07) is 0. The number of hydrogen-bond acceptors (Lipinski definition) is 1. The molecule has 0 aliphatic rings. The zero-order valence-corrected chi connectivity index (χ0v) is 12.9. The van der Waals surface area contributed by atoms with Crippen molar-refractivity contribution >= 4 is 5.97 Å². The predicted octanol–water partition coefficient (Wildman–Crippen LogP) is 5.72. The van der Waals surface area contributed by atoms with Gasteiger partial charge in [0.25, 0.3) is 0 Å². The highest BCUT2D eigenvalue weighted by Crippen LogP contribution is 2.12. The largest absolute Gasteiger partial charge is 0.481 e. The minimum Gasteiger partial charge on any atom is -0.481 e. The summed E-state index contributed by atoms with van der Waals surface area (Å²) >= 11 is 0. The van der Waals surface area contributed by atoms with Gasteiger partial charge in [0.2, 0.25) is 0 Å². The van der Waals surface area contributed by atoms with E-state index in [4.69, 9.17) is 5.11 Å². The lowest BCUT2D eigenvalue weighted by molar-refractivity contribution is -0.137. The average Bonchev–Trinajstić information content (AvgIpc) is 2.37. The summed E-state index contributed by atoms with van der Waals surface area (Å²) in [6.45, 7) is 4.46. The quantitative estimate of drug-likeness (QED) is 0.343. The van der Waals surface area contributed by atoms with E-state index in [2.05, 4.69) is 19.9 Å². The van der Waals surface area contributed by atoms with Gasteiger partial charge in [-0.05, 0) is 39.0 Å². The van der Waals surface area contributed by atoms with Crippen LogP contribution in [0.4, 0.5) is 0 Å². The van der Waals surface area contributed by atoms with E-state index < -0.39 is 5.97 Å². The first-order chi connectivity index (χ1) is 9.16. The van der Waals surface area contributed by atoms with Crippen LogP contribution in [0.1, 0.15) is 90.9 Å². The molecule has 0 amide bonds. The third kappa shape index (κ3) is 15.2. The topological polar surface area (TPSA) is 37.3 Å². The van der Waals surface area contributed by atoms with E-state index in [9.17, 15) is 4.79 Å². The SMILES string of the molecule is CCCCCCCCC=C(C)CCCCCC(=O)O. The highest BCUT2D eigenvalue weighted by Gasteiger charge is 1.97. The molecule has 112 valence electrons. The first-order valence-corrected chi connectivity index (χ1v) is 8.04. The lowest BCUT2D eigenvalue weighted by Gasteiger charge is -2.02. The molecule has 0 aromatic rings. The van der Waals surface area contributed by atoms with Gasteiger partial charge in [0.1, 0.15) is 0 Å². The van der Waals surface area contributed by atoms with Crippen molar-refractivity contribution < 1.29 is 9.90 Å². The van der Waals surface area contributed by atoms with E-state index in [0.29, 0.717) is 6.42 Å². The lowest BCUT2D eigenvalue weighted by atomic mass is 10.0. The van der Waals surface area contributed by atoms with Crippen molar-refractivity contribution in [2.45, 2.75) is 90.9 Å². The minimum atomic E-state index is -0.671. The van der Waals surface area contributed by atoms with Crippen LogP contribution in [0.15, 0.2) is 11.6 Å². The second-order valence-corrected chi connectivity index (χ2v) is 5.56. The van der Waals surface area contributed by atoms with Crippen LogP contribution in [-0.2, 0) is 4.79 Å². The normalized spacial score (nSPS) is 11.8. The van der Waals surface area contributed by atoms with Crippen LogP contribution in [0.3, 0.4) is 0 Å². The summed E-state index contributed by atoms with van der Waals surface area (Å²) in [4.78, 5) is 10.4. The van der Waals surface area contributed by atoms with Gasteiger partial charge in [0.15, 0.2) is 0 Å². The van der Waals surface area contributed by atoms with E-state index in [1.807, 2.05) is 0 Å². The van der Waals surface area contributed by atoms with Crippen molar-refractivity contribution in [2.24, 2.45) is 0 Å². The van der Waals surface area contributed by atoms with Gasteiger partial charge in [-0.3, -0.25) is 4.79 Å². The van der Waals surface area contributed by atoms with Gasteiger partial charge in [0, 0.05) is 6.42 Å². The van der Waals surface area contributed by atoms with Crippen molar-refractivity contribution in [3.05, 3.63) is 11.6 Å². The number of hydrogen-bond donors (Lipinski definition) is 1. The Kier molecular flexibility index (Phi) is 13.1. The number of rotatable bonds is 13. The number of carboxylic acids is 1. The fourth-order valence-electron chi connectivity index (χ4n) is 2.23. The van der Waals surface area contributed by atoms with E-state index in [1.165, 1.54) is 50.5 Å². The van der Waals surface area contributed by atoms with Gasteiger partial charge < -0.3 is 5.11 Å².